The third-order valence-corrected chi connectivity index (χ3v) is 6.98. The molecule has 244 valence electrons. The van der Waals surface area contributed by atoms with Crippen LogP contribution >= 0.6 is 0 Å². The maximum Gasteiger partial charge on any atom is 0.471 e. The average molecular weight is 640 g/mol. The van der Waals surface area contributed by atoms with Crippen molar-refractivity contribution in [1.29, 1.82) is 0 Å². The fourth-order valence-electron chi connectivity index (χ4n) is 4.92. The molecule has 1 N–H and O–H groups in total. The van der Waals surface area contributed by atoms with Gasteiger partial charge in [-0.3, -0.25) is 19.7 Å². The van der Waals surface area contributed by atoms with Crippen molar-refractivity contribution in [3.63, 3.8) is 0 Å². The summed E-state index contributed by atoms with van der Waals surface area (Å²) in [6, 6.07) is 3.71. The number of anilines is 2. The number of rotatable bonds is 5. The standard InChI is InChI=1S/C27H32F3N7O8/c1-5-44-25(41)36-19-8-9-35(24(40)45-26(2,3)4)15-18(19)21(32-36)31-22(38)17-7-6-16(14-20(17)37(42)43)33-10-12-34(13-11-33)23(39)27(28,29)30/h6-7,14H,5,8-13,15H2,1-4H3,(H,31,32,38). The predicted octanol–water partition coefficient (Wildman–Crippen LogP) is 3.55. The van der Waals surface area contributed by atoms with Gasteiger partial charge in [0.1, 0.15) is 11.2 Å². The van der Waals surface area contributed by atoms with Crippen LogP contribution in [0.1, 0.15) is 49.3 Å². The van der Waals surface area contributed by atoms with Crippen molar-refractivity contribution >= 4 is 41.2 Å². The summed E-state index contributed by atoms with van der Waals surface area (Å²) in [6.07, 6.45) is -6.26. The van der Waals surface area contributed by atoms with Crippen molar-refractivity contribution in [2.75, 3.05) is 49.5 Å². The molecule has 18 heteroatoms. The number of nitrogens with zero attached hydrogens (tertiary/aromatic N) is 6. The molecule has 45 heavy (non-hydrogen) atoms. The molecule has 3 amide bonds. The van der Waals surface area contributed by atoms with Gasteiger partial charge in [0.25, 0.3) is 11.6 Å². The Morgan fingerprint density at radius 3 is 2.27 bits per heavy atom. The van der Waals surface area contributed by atoms with Crippen LogP contribution in [0.25, 0.3) is 0 Å². The highest BCUT2D eigenvalue weighted by atomic mass is 19.4. The maximum absolute atomic E-state index is 13.4. The Kier molecular flexibility index (Phi) is 9.25. The lowest BCUT2D eigenvalue weighted by Gasteiger charge is -2.36. The van der Waals surface area contributed by atoms with Gasteiger partial charge in [0, 0.05) is 56.5 Å². The molecule has 0 bridgehead atoms. The lowest BCUT2D eigenvalue weighted by Crippen LogP contribution is -2.52. The van der Waals surface area contributed by atoms with Gasteiger partial charge in [-0.1, -0.05) is 0 Å². The summed E-state index contributed by atoms with van der Waals surface area (Å²) in [7, 11) is 0. The van der Waals surface area contributed by atoms with Crippen LogP contribution in [0.3, 0.4) is 0 Å². The van der Waals surface area contributed by atoms with Gasteiger partial charge in [0.2, 0.25) is 0 Å². The molecule has 0 spiro atoms. The molecule has 2 aliphatic heterocycles. The van der Waals surface area contributed by atoms with E-state index in [0.29, 0.717) is 16.2 Å². The zero-order valence-corrected chi connectivity index (χ0v) is 25.0. The first-order valence-corrected chi connectivity index (χ1v) is 14.0. The first-order chi connectivity index (χ1) is 21.0. The first-order valence-electron chi connectivity index (χ1n) is 14.0. The molecule has 1 aromatic heterocycles. The van der Waals surface area contributed by atoms with Crippen LogP contribution in [-0.4, -0.2) is 99.6 Å². The number of hydrogen-bond donors (Lipinski definition) is 1. The number of hydrogen-bond acceptors (Lipinski definition) is 10. The number of nitrogens with one attached hydrogen (secondary N) is 1. The van der Waals surface area contributed by atoms with E-state index in [-0.39, 0.29) is 69.4 Å². The molecule has 4 rings (SSSR count). The Labute approximate surface area is 255 Å². The van der Waals surface area contributed by atoms with Gasteiger partial charge in [0.15, 0.2) is 5.82 Å². The molecule has 1 aromatic carbocycles. The molecule has 1 fully saturated rings. The van der Waals surface area contributed by atoms with Crippen LogP contribution in [0, 0.1) is 10.1 Å². The number of alkyl halides is 3. The highest BCUT2D eigenvalue weighted by molar-refractivity contribution is 6.07. The topological polar surface area (TPSA) is 169 Å². The van der Waals surface area contributed by atoms with Crippen LogP contribution in [0.5, 0.6) is 0 Å². The SMILES string of the molecule is CCOC(=O)n1nc(NC(=O)c2ccc(N3CCN(C(=O)C(F)(F)F)CC3)cc2[N+](=O)[O-])c2c1CCN(C(=O)OC(C)(C)C)C2. The lowest BCUT2D eigenvalue weighted by molar-refractivity contribution is -0.385. The van der Waals surface area contributed by atoms with Gasteiger partial charge in [0.05, 0.1) is 23.8 Å². The number of aromatic nitrogens is 2. The molecule has 3 heterocycles. The third-order valence-electron chi connectivity index (χ3n) is 6.98. The molecule has 0 radical (unpaired) electrons. The number of fused-ring (bicyclic) bond motifs is 1. The van der Waals surface area contributed by atoms with Gasteiger partial charge in [-0.15, -0.1) is 5.10 Å². The summed E-state index contributed by atoms with van der Waals surface area (Å²) in [5.41, 5.74) is -0.741. The van der Waals surface area contributed by atoms with E-state index in [4.69, 9.17) is 9.47 Å². The second-order valence-corrected chi connectivity index (χ2v) is 11.2. The van der Waals surface area contributed by atoms with Crippen molar-refractivity contribution in [1.82, 2.24) is 19.6 Å². The minimum Gasteiger partial charge on any atom is -0.448 e. The minimum absolute atomic E-state index is 0.0178. The molecular formula is C27H32F3N7O8. The zero-order valence-electron chi connectivity index (χ0n) is 25.0. The monoisotopic (exact) mass is 639 g/mol. The van der Waals surface area contributed by atoms with Crippen molar-refractivity contribution < 1.29 is 46.7 Å². The number of nitro benzene ring substituents is 1. The fourth-order valence-corrected chi connectivity index (χ4v) is 4.92. The minimum atomic E-state index is -5.00. The molecule has 2 aliphatic rings. The van der Waals surface area contributed by atoms with E-state index < -0.39 is 46.4 Å². The Morgan fingerprint density at radius 1 is 1.02 bits per heavy atom. The first kappa shape index (κ1) is 33.0. The van der Waals surface area contributed by atoms with Crippen LogP contribution in [-0.2, 0) is 27.2 Å². The largest absolute Gasteiger partial charge is 0.471 e. The summed E-state index contributed by atoms with van der Waals surface area (Å²) in [6.45, 7) is 6.34. The normalized spacial score (nSPS) is 15.3. The Balaban J connectivity index is 1.58. The smallest absolute Gasteiger partial charge is 0.448 e. The van der Waals surface area contributed by atoms with Crippen LogP contribution < -0.4 is 10.2 Å². The van der Waals surface area contributed by atoms with Crippen LogP contribution in [0.2, 0.25) is 0 Å². The zero-order chi connectivity index (χ0) is 33.3. The molecule has 2 aromatic rings. The van der Waals surface area contributed by atoms with Crippen molar-refractivity contribution in [3.8, 4) is 0 Å². The van der Waals surface area contributed by atoms with Gasteiger partial charge >= 0.3 is 24.3 Å². The number of benzene rings is 1. The third kappa shape index (κ3) is 7.43. The van der Waals surface area contributed by atoms with E-state index >= 15 is 0 Å². The summed E-state index contributed by atoms with van der Waals surface area (Å²) < 4.78 is 49.8. The Hall–Kier alpha value is -4.90. The molecule has 0 unspecified atom stereocenters. The Morgan fingerprint density at radius 2 is 1.69 bits per heavy atom. The molecular weight excluding hydrogens is 607 g/mol. The number of halogens is 3. The number of nitro groups is 1. The highest BCUT2D eigenvalue weighted by Crippen LogP contribution is 2.31. The van der Waals surface area contributed by atoms with Gasteiger partial charge in [-0.25, -0.2) is 9.59 Å². The van der Waals surface area contributed by atoms with Crippen molar-refractivity contribution in [2.24, 2.45) is 0 Å². The van der Waals surface area contributed by atoms with Crippen molar-refractivity contribution in [2.45, 2.75) is 52.4 Å². The van der Waals surface area contributed by atoms with E-state index in [9.17, 15) is 42.5 Å². The molecule has 15 nitrogen and oxygen atoms in total. The number of amides is 3. The average Bonchev–Trinajstić information content (AvgIpc) is 3.32. The second-order valence-electron chi connectivity index (χ2n) is 11.2. The number of ether oxygens (including phenoxy) is 2. The molecule has 0 saturated carbocycles. The van der Waals surface area contributed by atoms with Crippen LogP contribution in [0.4, 0.5) is 40.0 Å². The predicted molar refractivity (Wildman–Crippen MR) is 151 cm³/mol. The van der Waals surface area contributed by atoms with Gasteiger partial charge in [-0.2, -0.15) is 17.9 Å². The number of carbonyl (C=O) groups excluding carboxylic acids is 4. The molecule has 0 atom stereocenters. The summed E-state index contributed by atoms with van der Waals surface area (Å²) >= 11 is 0. The Bertz CT molecular complexity index is 1510. The summed E-state index contributed by atoms with van der Waals surface area (Å²) in [5.74, 6) is -3.00. The van der Waals surface area contributed by atoms with E-state index in [1.165, 1.54) is 17.0 Å². The van der Waals surface area contributed by atoms with Gasteiger partial charge in [-0.05, 0) is 39.8 Å². The van der Waals surface area contributed by atoms with E-state index in [0.717, 1.165) is 10.7 Å². The van der Waals surface area contributed by atoms with E-state index in [1.807, 2.05) is 0 Å². The molecule has 1 saturated heterocycles. The van der Waals surface area contributed by atoms with Gasteiger partial charge < -0.3 is 29.5 Å². The van der Waals surface area contributed by atoms with E-state index in [2.05, 4.69) is 10.4 Å². The maximum atomic E-state index is 13.4. The van der Waals surface area contributed by atoms with Crippen LogP contribution in [0.15, 0.2) is 18.2 Å². The second kappa shape index (κ2) is 12.6. The number of carbonyl (C=O) groups is 4. The highest BCUT2D eigenvalue weighted by Gasteiger charge is 2.43. The lowest BCUT2D eigenvalue weighted by atomic mass is 10.1. The summed E-state index contributed by atoms with van der Waals surface area (Å²) in [5, 5.41) is 18.7. The quantitative estimate of drug-likeness (QED) is 0.377. The fraction of sp³-hybridized carbons (Fsp3) is 0.519. The molecule has 0 aliphatic carbocycles. The van der Waals surface area contributed by atoms with E-state index in [1.54, 1.807) is 32.6 Å². The summed E-state index contributed by atoms with van der Waals surface area (Å²) in [4.78, 5) is 65.1. The van der Waals surface area contributed by atoms with Crippen molar-refractivity contribution in [3.05, 3.63) is 45.1 Å². The number of piperazine rings is 1.